The lowest BCUT2D eigenvalue weighted by Gasteiger charge is -2.12. The molecule has 2 aromatic carbocycles. The van der Waals surface area contributed by atoms with Crippen LogP contribution in [0.5, 0.6) is 0 Å². The predicted molar refractivity (Wildman–Crippen MR) is 123 cm³/mol. The van der Waals surface area contributed by atoms with Crippen molar-refractivity contribution in [2.75, 3.05) is 12.4 Å². The minimum atomic E-state index is -4.02. The first-order valence-corrected chi connectivity index (χ1v) is 11.4. The van der Waals surface area contributed by atoms with Crippen LogP contribution in [0.4, 0.5) is 20.6 Å². The Morgan fingerprint density at radius 3 is 2.67 bits per heavy atom. The highest BCUT2D eigenvalue weighted by Crippen LogP contribution is 2.31. The predicted octanol–water partition coefficient (Wildman–Crippen LogP) is 4.57. The van der Waals surface area contributed by atoms with Crippen LogP contribution in [-0.2, 0) is 16.6 Å². The van der Waals surface area contributed by atoms with Gasteiger partial charge in [-0.2, -0.15) is 0 Å². The molecule has 0 unspecified atom stereocenters. The van der Waals surface area contributed by atoms with E-state index in [2.05, 4.69) is 10.3 Å². The van der Waals surface area contributed by atoms with Gasteiger partial charge < -0.3 is 15.3 Å². The Balaban J connectivity index is 1.86. The molecular weight excluding hydrogens is 447 g/mol. The van der Waals surface area contributed by atoms with Crippen LogP contribution < -0.4 is 5.32 Å². The number of anilines is 2. The number of carbonyl (C=O) groups is 1. The normalized spacial score (nSPS) is 11.5. The van der Waals surface area contributed by atoms with E-state index in [4.69, 9.17) is 0 Å². The summed E-state index contributed by atoms with van der Waals surface area (Å²) in [6.07, 6.45) is 2.98. The van der Waals surface area contributed by atoms with Crippen molar-refractivity contribution < 1.29 is 22.7 Å². The van der Waals surface area contributed by atoms with Crippen LogP contribution in [0.15, 0.2) is 72.0 Å². The molecule has 0 spiro atoms. The molecule has 0 saturated heterocycles. The number of aromatic nitrogens is 2. The van der Waals surface area contributed by atoms with Gasteiger partial charge in [-0.25, -0.2) is 21.6 Å². The zero-order valence-electron chi connectivity index (χ0n) is 17.9. The quantitative estimate of drug-likeness (QED) is 0.429. The highest BCUT2D eigenvalue weighted by atomic mass is 32.2. The maximum Gasteiger partial charge on any atom is 0.407 e. The van der Waals surface area contributed by atoms with Gasteiger partial charge in [0.15, 0.2) is 0 Å². The number of benzene rings is 2. The van der Waals surface area contributed by atoms with Gasteiger partial charge in [0.25, 0.3) is 10.0 Å². The molecule has 2 N–H and O–H groups in total. The minimum Gasteiger partial charge on any atom is -0.465 e. The van der Waals surface area contributed by atoms with Crippen molar-refractivity contribution in [2.24, 2.45) is 0 Å². The van der Waals surface area contributed by atoms with Crippen molar-refractivity contribution in [3.8, 4) is 0 Å². The molecule has 0 radical (unpaired) electrons. The number of rotatable bonds is 6. The van der Waals surface area contributed by atoms with Gasteiger partial charge in [-0.3, -0.25) is 4.98 Å². The lowest BCUT2D eigenvalue weighted by Crippen LogP contribution is -2.23. The lowest BCUT2D eigenvalue weighted by molar-refractivity contribution is 0.154. The number of hydrogen-bond donors (Lipinski definition) is 2. The first-order valence-electron chi connectivity index (χ1n) is 9.93. The second-order valence-corrected chi connectivity index (χ2v) is 9.44. The van der Waals surface area contributed by atoms with E-state index < -0.39 is 21.9 Å². The van der Waals surface area contributed by atoms with Gasteiger partial charge in [-0.1, -0.05) is 12.1 Å². The summed E-state index contributed by atoms with van der Waals surface area (Å²) in [6, 6.07) is 12.7. The molecule has 0 saturated carbocycles. The van der Waals surface area contributed by atoms with Crippen LogP contribution in [0.25, 0.3) is 10.9 Å². The van der Waals surface area contributed by atoms with Gasteiger partial charge in [0.05, 0.1) is 17.7 Å². The first kappa shape index (κ1) is 22.3. The Morgan fingerprint density at radius 2 is 2.00 bits per heavy atom. The fraction of sp³-hybridized carbons (Fsp3) is 0.130. The van der Waals surface area contributed by atoms with Crippen LogP contribution in [0.3, 0.4) is 0 Å². The van der Waals surface area contributed by atoms with Crippen LogP contribution in [0.1, 0.15) is 11.1 Å². The SMILES string of the molecule is Cc1ccc(Nc2ccc3c(CN(C)C(=O)O)cn(S(=O)(=O)c4cccnc4)c3c2)c(F)c1. The summed E-state index contributed by atoms with van der Waals surface area (Å²) in [5.41, 5.74) is 2.33. The lowest BCUT2D eigenvalue weighted by atomic mass is 10.1. The van der Waals surface area contributed by atoms with Crippen molar-refractivity contribution in [2.45, 2.75) is 18.4 Å². The summed E-state index contributed by atoms with van der Waals surface area (Å²) >= 11 is 0. The van der Waals surface area contributed by atoms with E-state index in [9.17, 15) is 22.7 Å². The number of pyridine rings is 1. The molecule has 0 fully saturated rings. The van der Waals surface area contributed by atoms with Crippen molar-refractivity contribution in [3.63, 3.8) is 0 Å². The summed E-state index contributed by atoms with van der Waals surface area (Å²) < 4.78 is 42.1. The molecule has 1 amide bonds. The number of halogens is 1. The summed E-state index contributed by atoms with van der Waals surface area (Å²) in [6.45, 7) is 1.77. The maximum absolute atomic E-state index is 14.3. The molecule has 0 atom stereocenters. The monoisotopic (exact) mass is 468 g/mol. The van der Waals surface area contributed by atoms with Crippen molar-refractivity contribution in [1.82, 2.24) is 13.9 Å². The standard InChI is InChI=1S/C23H21FN4O4S/c1-15-5-8-21(20(24)10-15)26-17-6-7-19-16(13-27(2)23(29)30)14-28(22(19)11-17)33(31,32)18-4-3-9-25-12-18/h3-12,14,26H,13H2,1-2H3,(H,29,30). The number of nitrogens with one attached hydrogen (secondary N) is 1. The average molecular weight is 469 g/mol. The number of amides is 1. The van der Waals surface area contributed by atoms with Crippen LogP contribution >= 0.6 is 0 Å². The Hall–Kier alpha value is -3.92. The molecule has 0 aliphatic rings. The summed E-state index contributed by atoms with van der Waals surface area (Å²) in [7, 11) is -2.62. The van der Waals surface area contributed by atoms with E-state index in [-0.39, 0.29) is 17.1 Å². The second kappa shape index (κ2) is 8.55. The van der Waals surface area contributed by atoms with E-state index in [0.29, 0.717) is 22.2 Å². The molecule has 4 aromatic rings. The molecule has 8 nitrogen and oxygen atoms in total. The van der Waals surface area contributed by atoms with Crippen molar-refractivity contribution in [1.29, 1.82) is 0 Å². The van der Waals surface area contributed by atoms with E-state index in [0.717, 1.165) is 14.4 Å². The molecule has 2 heterocycles. The highest BCUT2D eigenvalue weighted by molar-refractivity contribution is 7.90. The molecular formula is C23H21FN4O4S. The summed E-state index contributed by atoms with van der Waals surface area (Å²) in [4.78, 5) is 16.3. The largest absolute Gasteiger partial charge is 0.465 e. The Morgan fingerprint density at radius 1 is 1.21 bits per heavy atom. The number of fused-ring (bicyclic) bond motifs is 1. The van der Waals surface area contributed by atoms with E-state index in [1.54, 1.807) is 37.3 Å². The smallest absolute Gasteiger partial charge is 0.407 e. The van der Waals surface area contributed by atoms with Gasteiger partial charge in [-0.15, -0.1) is 0 Å². The summed E-state index contributed by atoms with van der Waals surface area (Å²) in [5.74, 6) is -0.433. The zero-order chi connectivity index (χ0) is 23.8. The number of nitrogens with zero attached hydrogens (tertiary/aromatic N) is 3. The molecule has 10 heteroatoms. The third kappa shape index (κ3) is 4.37. The van der Waals surface area contributed by atoms with Gasteiger partial charge in [0, 0.05) is 36.7 Å². The Labute approximate surface area is 190 Å². The summed E-state index contributed by atoms with van der Waals surface area (Å²) in [5, 5.41) is 12.8. The number of hydrogen-bond acceptors (Lipinski definition) is 5. The van der Waals surface area contributed by atoms with E-state index in [1.165, 1.54) is 43.8 Å². The molecule has 0 aliphatic carbocycles. The second-order valence-electron chi connectivity index (χ2n) is 7.62. The number of carboxylic acid groups (broad SMARTS) is 1. The molecule has 33 heavy (non-hydrogen) atoms. The first-order chi connectivity index (χ1) is 15.7. The number of aryl methyl sites for hydroxylation is 1. The van der Waals surface area contributed by atoms with Gasteiger partial charge in [-0.05, 0) is 54.4 Å². The maximum atomic E-state index is 14.3. The van der Waals surface area contributed by atoms with E-state index in [1.807, 2.05) is 0 Å². The van der Waals surface area contributed by atoms with Gasteiger partial charge in [0.1, 0.15) is 10.7 Å². The van der Waals surface area contributed by atoms with Crippen LogP contribution in [0, 0.1) is 12.7 Å². The third-order valence-corrected chi connectivity index (χ3v) is 6.84. The zero-order valence-corrected chi connectivity index (χ0v) is 18.7. The van der Waals surface area contributed by atoms with Crippen LogP contribution in [-0.4, -0.2) is 40.5 Å². The molecule has 0 aliphatic heterocycles. The molecule has 0 bridgehead atoms. The molecule has 170 valence electrons. The third-order valence-electron chi connectivity index (χ3n) is 5.18. The van der Waals surface area contributed by atoms with Gasteiger partial charge in [0.2, 0.25) is 0 Å². The average Bonchev–Trinajstić information content (AvgIpc) is 3.14. The topological polar surface area (TPSA) is 105 Å². The molecule has 4 rings (SSSR count). The van der Waals surface area contributed by atoms with E-state index >= 15 is 0 Å². The van der Waals surface area contributed by atoms with Crippen molar-refractivity contribution in [3.05, 3.63) is 84.1 Å². The fourth-order valence-corrected chi connectivity index (χ4v) is 4.83. The van der Waals surface area contributed by atoms with Gasteiger partial charge >= 0.3 is 6.09 Å². The van der Waals surface area contributed by atoms with Crippen LogP contribution in [0.2, 0.25) is 0 Å². The van der Waals surface area contributed by atoms with Crippen molar-refractivity contribution >= 4 is 38.4 Å². The minimum absolute atomic E-state index is 0.0111. The Bertz CT molecular complexity index is 1450. The Kier molecular flexibility index (Phi) is 5.77. The highest BCUT2D eigenvalue weighted by Gasteiger charge is 2.23. The fourth-order valence-electron chi connectivity index (χ4n) is 3.48. The molecule has 2 aromatic heterocycles.